The predicted octanol–water partition coefficient (Wildman–Crippen LogP) is 3.01. The Morgan fingerprint density at radius 3 is 2.81 bits per heavy atom. The maximum Gasteiger partial charge on any atom is 0.312 e. The molecule has 3 aliphatic heterocycles. The molecule has 0 saturated carbocycles. The molecule has 5 heteroatoms. The van der Waals surface area contributed by atoms with Crippen molar-refractivity contribution in [1.82, 2.24) is 0 Å². The summed E-state index contributed by atoms with van der Waals surface area (Å²) < 4.78 is 11.6. The second-order valence-corrected chi connectivity index (χ2v) is 7.53. The average Bonchev–Trinajstić information content (AvgIpc) is 3.28. The third-order valence-corrected chi connectivity index (χ3v) is 5.71. The second-order valence-electron chi connectivity index (χ2n) is 7.53. The third-order valence-electron chi connectivity index (χ3n) is 5.71. The van der Waals surface area contributed by atoms with E-state index in [1.165, 1.54) is 0 Å². The van der Waals surface area contributed by atoms with E-state index in [2.05, 4.69) is 6.92 Å². The standard InChI is InChI=1S/C21H25NO4/c1-3-4-5-12-25-20(24)17-16-10-11-21(26-16)13-22(19(23)18(17)21)15-8-6-14(2)7-9-15/h6-11,16-18H,3-5,12-13H2,1-2H3/t16-,17-,18+,21-/m1/s1. The molecule has 26 heavy (non-hydrogen) atoms. The summed E-state index contributed by atoms with van der Waals surface area (Å²) in [4.78, 5) is 27.6. The molecule has 3 aliphatic rings. The molecule has 0 aliphatic carbocycles. The molecule has 3 heterocycles. The minimum Gasteiger partial charge on any atom is -0.465 e. The van der Waals surface area contributed by atoms with Gasteiger partial charge in [0.2, 0.25) is 5.91 Å². The Bertz CT molecular complexity index is 741. The van der Waals surface area contributed by atoms with Gasteiger partial charge in [-0.05, 0) is 25.5 Å². The van der Waals surface area contributed by atoms with Gasteiger partial charge in [-0.15, -0.1) is 0 Å². The number of hydrogen-bond acceptors (Lipinski definition) is 4. The van der Waals surface area contributed by atoms with Gasteiger partial charge in [-0.25, -0.2) is 0 Å². The maximum atomic E-state index is 13.2. The lowest BCUT2D eigenvalue weighted by Gasteiger charge is -2.22. The summed E-state index contributed by atoms with van der Waals surface area (Å²) in [6.45, 7) is 4.99. The van der Waals surface area contributed by atoms with Gasteiger partial charge in [-0.1, -0.05) is 49.6 Å². The summed E-state index contributed by atoms with van der Waals surface area (Å²) in [5, 5.41) is 0. The Hall–Kier alpha value is -2.14. The first kappa shape index (κ1) is 17.3. The fraction of sp³-hybridized carbons (Fsp3) is 0.524. The number of carbonyl (C=O) groups is 2. The van der Waals surface area contributed by atoms with E-state index in [1.807, 2.05) is 43.3 Å². The van der Waals surface area contributed by atoms with E-state index in [0.717, 1.165) is 30.5 Å². The largest absolute Gasteiger partial charge is 0.465 e. The highest BCUT2D eigenvalue weighted by Gasteiger charge is 2.67. The Labute approximate surface area is 154 Å². The van der Waals surface area contributed by atoms with E-state index >= 15 is 0 Å². The van der Waals surface area contributed by atoms with Gasteiger partial charge >= 0.3 is 5.97 Å². The molecule has 2 fully saturated rings. The zero-order chi connectivity index (χ0) is 18.3. The molecule has 2 bridgehead atoms. The lowest BCUT2D eigenvalue weighted by atomic mass is 9.77. The quantitative estimate of drug-likeness (QED) is 0.447. The van der Waals surface area contributed by atoms with Crippen LogP contribution in [0.25, 0.3) is 0 Å². The molecule has 5 nitrogen and oxygen atoms in total. The van der Waals surface area contributed by atoms with Crippen molar-refractivity contribution in [2.75, 3.05) is 18.1 Å². The van der Waals surface area contributed by atoms with E-state index in [0.29, 0.717) is 13.2 Å². The molecule has 1 aromatic rings. The average molecular weight is 355 g/mol. The summed E-state index contributed by atoms with van der Waals surface area (Å²) >= 11 is 0. The molecule has 0 unspecified atom stereocenters. The summed E-state index contributed by atoms with van der Waals surface area (Å²) in [6, 6.07) is 7.86. The second kappa shape index (κ2) is 6.54. The molecule has 1 amide bonds. The predicted molar refractivity (Wildman–Crippen MR) is 97.7 cm³/mol. The van der Waals surface area contributed by atoms with E-state index in [9.17, 15) is 9.59 Å². The monoisotopic (exact) mass is 355 g/mol. The lowest BCUT2D eigenvalue weighted by Crippen LogP contribution is -2.40. The van der Waals surface area contributed by atoms with Gasteiger partial charge in [-0.2, -0.15) is 0 Å². The Morgan fingerprint density at radius 1 is 1.31 bits per heavy atom. The zero-order valence-corrected chi connectivity index (χ0v) is 15.3. The summed E-state index contributed by atoms with van der Waals surface area (Å²) in [5.74, 6) is -1.38. The molecule has 4 rings (SSSR count). The Kier molecular flexibility index (Phi) is 4.35. The molecular formula is C21H25NO4. The van der Waals surface area contributed by atoms with Crippen LogP contribution in [0.3, 0.4) is 0 Å². The number of amides is 1. The van der Waals surface area contributed by atoms with Gasteiger partial charge in [0.25, 0.3) is 0 Å². The maximum absolute atomic E-state index is 13.2. The van der Waals surface area contributed by atoms with Crippen molar-refractivity contribution in [1.29, 1.82) is 0 Å². The van der Waals surface area contributed by atoms with Crippen LogP contribution in [0.1, 0.15) is 31.7 Å². The third kappa shape index (κ3) is 2.65. The highest BCUT2D eigenvalue weighted by Crippen LogP contribution is 2.52. The number of ether oxygens (including phenoxy) is 2. The Morgan fingerprint density at radius 2 is 2.08 bits per heavy atom. The number of unbranched alkanes of at least 4 members (excludes halogenated alkanes) is 2. The van der Waals surface area contributed by atoms with E-state index < -0.39 is 17.4 Å². The fourth-order valence-corrected chi connectivity index (χ4v) is 4.33. The van der Waals surface area contributed by atoms with Crippen LogP contribution in [0.2, 0.25) is 0 Å². The molecule has 1 spiro atoms. The van der Waals surface area contributed by atoms with E-state index in [-0.39, 0.29) is 18.0 Å². The summed E-state index contributed by atoms with van der Waals surface area (Å²) in [6.07, 6.45) is 6.50. The van der Waals surface area contributed by atoms with Crippen molar-refractivity contribution in [3.63, 3.8) is 0 Å². The van der Waals surface area contributed by atoms with Crippen LogP contribution in [0.5, 0.6) is 0 Å². The number of hydrogen-bond donors (Lipinski definition) is 0. The van der Waals surface area contributed by atoms with E-state index in [4.69, 9.17) is 9.47 Å². The van der Waals surface area contributed by atoms with Crippen LogP contribution in [-0.4, -0.2) is 36.7 Å². The minimum atomic E-state index is -0.695. The molecule has 0 N–H and O–H groups in total. The summed E-state index contributed by atoms with van der Waals surface area (Å²) in [7, 11) is 0. The van der Waals surface area contributed by atoms with Gasteiger partial charge in [0.15, 0.2) is 0 Å². The number of esters is 1. The summed E-state index contributed by atoms with van der Waals surface area (Å²) in [5.41, 5.74) is 1.30. The number of carbonyl (C=O) groups excluding carboxylic acids is 2. The number of rotatable bonds is 6. The molecule has 1 aromatic carbocycles. The van der Waals surface area contributed by atoms with Crippen LogP contribution in [0.15, 0.2) is 36.4 Å². The van der Waals surface area contributed by atoms with Gasteiger partial charge < -0.3 is 14.4 Å². The molecule has 0 aromatic heterocycles. The highest BCUT2D eigenvalue weighted by atomic mass is 16.6. The normalized spacial score (nSPS) is 31.5. The molecule has 4 atom stereocenters. The molecular weight excluding hydrogens is 330 g/mol. The van der Waals surface area contributed by atoms with Crippen LogP contribution in [0, 0.1) is 18.8 Å². The van der Waals surface area contributed by atoms with Crippen LogP contribution in [0.4, 0.5) is 5.69 Å². The smallest absolute Gasteiger partial charge is 0.312 e. The number of aryl methyl sites for hydroxylation is 1. The van der Waals surface area contributed by atoms with Crippen LogP contribution in [-0.2, 0) is 19.1 Å². The Balaban J connectivity index is 1.53. The van der Waals surface area contributed by atoms with Crippen molar-refractivity contribution in [3.05, 3.63) is 42.0 Å². The van der Waals surface area contributed by atoms with Crippen LogP contribution >= 0.6 is 0 Å². The minimum absolute atomic E-state index is 0.0452. The van der Waals surface area contributed by atoms with Crippen molar-refractivity contribution < 1.29 is 19.1 Å². The number of anilines is 1. The van der Waals surface area contributed by atoms with Crippen molar-refractivity contribution in [2.24, 2.45) is 11.8 Å². The molecule has 2 saturated heterocycles. The number of nitrogens with zero attached hydrogens (tertiary/aromatic N) is 1. The van der Waals surface area contributed by atoms with Crippen LogP contribution < -0.4 is 4.90 Å². The lowest BCUT2D eigenvalue weighted by molar-refractivity contribution is -0.152. The van der Waals surface area contributed by atoms with Crippen molar-refractivity contribution in [3.8, 4) is 0 Å². The number of fused-ring (bicyclic) bond motifs is 1. The first-order chi connectivity index (χ1) is 12.6. The van der Waals surface area contributed by atoms with Gasteiger partial charge in [-0.3, -0.25) is 9.59 Å². The first-order valence-corrected chi connectivity index (χ1v) is 9.47. The van der Waals surface area contributed by atoms with Crippen molar-refractivity contribution in [2.45, 2.75) is 44.8 Å². The van der Waals surface area contributed by atoms with Gasteiger partial charge in [0.05, 0.1) is 25.2 Å². The zero-order valence-electron chi connectivity index (χ0n) is 15.3. The first-order valence-electron chi connectivity index (χ1n) is 9.47. The molecule has 138 valence electrons. The highest BCUT2D eigenvalue weighted by molar-refractivity contribution is 6.02. The van der Waals surface area contributed by atoms with Gasteiger partial charge in [0, 0.05) is 5.69 Å². The SMILES string of the molecule is CCCCCOC(=O)[C@H]1[C@H]2C(=O)N(c3ccc(C)cc3)C[C@]23C=C[C@H]1O3. The number of benzene rings is 1. The fourth-order valence-electron chi connectivity index (χ4n) is 4.33. The topological polar surface area (TPSA) is 55.8 Å². The molecule has 0 radical (unpaired) electrons. The van der Waals surface area contributed by atoms with Crippen molar-refractivity contribution >= 4 is 17.6 Å². The van der Waals surface area contributed by atoms with E-state index in [1.54, 1.807) is 4.90 Å². The van der Waals surface area contributed by atoms with Gasteiger partial charge in [0.1, 0.15) is 11.5 Å².